The van der Waals surface area contributed by atoms with Crippen LogP contribution in [0, 0.1) is 0 Å². The first kappa shape index (κ1) is 18.8. The van der Waals surface area contributed by atoms with E-state index in [0.717, 1.165) is 18.8 Å². The normalized spacial score (nSPS) is 17.7. The van der Waals surface area contributed by atoms with Gasteiger partial charge in [0.05, 0.1) is 6.67 Å². The van der Waals surface area contributed by atoms with Gasteiger partial charge in [-0.25, -0.2) is 0 Å². The van der Waals surface area contributed by atoms with E-state index in [9.17, 15) is 13.2 Å². The quantitative estimate of drug-likeness (QED) is 0.630. The highest BCUT2D eigenvalue weighted by atomic mass is 32.2. The fourth-order valence-electron chi connectivity index (χ4n) is 3.11. The largest absolute Gasteiger partial charge is 0.446 e. The second-order valence-corrected chi connectivity index (χ2v) is 8.08. The number of halogens is 3. The van der Waals surface area contributed by atoms with Crippen LogP contribution in [0.25, 0.3) is 0 Å². The first-order chi connectivity index (χ1) is 12.1. The molecule has 1 saturated heterocycles. The van der Waals surface area contributed by atoms with E-state index in [0.29, 0.717) is 6.67 Å². The van der Waals surface area contributed by atoms with Crippen LogP contribution in [0.2, 0.25) is 0 Å². The first-order valence-electron chi connectivity index (χ1n) is 8.18. The molecule has 1 fully saturated rings. The SMILES string of the molecule is CC1(C)CN(c2ccc(SC(F)(F)F)c(N)c2)CN1Cc1ccncc1. The molecule has 0 unspecified atom stereocenters. The van der Waals surface area contributed by atoms with E-state index >= 15 is 0 Å². The van der Waals surface area contributed by atoms with Crippen molar-refractivity contribution in [3.8, 4) is 0 Å². The zero-order valence-electron chi connectivity index (χ0n) is 14.6. The molecule has 0 amide bonds. The van der Waals surface area contributed by atoms with Crippen molar-refractivity contribution in [2.45, 2.75) is 36.3 Å². The van der Waals surface area contributed by atoms with E-state index in [1.54, 1.807) is 24.5 Å². The Morgan fingerprint density at radius 3 is 2.50 bits per heavy atom. The minimum Gasteiger partial charge on any atom is -0.398 e. The molecule has 1 aliphatic rings. The number of thioether (sulfide) groups is 1. The summed E-state index contributed by atoms with van der Waals surface area (Å²) < 4.78 is 37.7. The zero-order chi connectivity index (χ0) is 18.9. The highest BCUT2D eigenvalue weighted by Gasteiger charge is 2.37. The maximum atomic E-state index is 12.6. The van der Waals surface area contributed by atoms with Gasteiger partial charge in [-0.2, -0.15) is 13.2 Å². The van der Waals surface area contributed by atoms with Crippen LogP contribution in [0.5, 0.6) is 0 Å². The summed E-state index contributed by atoms with van der Waals surface area (Å²) in [7, 11) is 0. The van der Waals surface area contributed by atoms with Crippen LogP contribution in [0.4, 0.5) is 24.5 Å². The number of nitrogen functional groups attached to an aromatic ring is 1. The maximum Gasteiger partial charge on any atom is 0.446 e. The third-order valence-corrected chi connectivity index (χ3v) is 5.31. The highest BCUT2D eigenvalue weighted by molar-refractivity contribution is 8.00. The Kier molecular flexibility index (Phi) is 5.07. The first-order valence-corrected chi connectivity index (χ1v) is 9.00. The summed E-state index contributed by atoms with van der Waals surface area (Å²) in [5, 5.41) is 0. The highest BCUT2D eigenvalue weighted by Crippen LogP contribution is 2.41. The number of aromatic nitrogens is 1. The number of hydrogen-bond acceptors (Lipinski definition) is 5. The lowest BCUT2D eigenvalue weighted by Gasteiger charge is -2.29. The van der Waals surface area contributed by atoms with Crippen LogP contribution in [-0.2, 0) is 6.54 Å². The number of rotatable bonds is 4. The van der Waals surface area contributed by atoms with Gasteiger partial charge in [-0.15, -0.1) is 0 Å². The van der Waals surface area contributed by atoms with Gasteiger partial charge in [0.2, 0.25) is 0 Å². The molecule has 1 aliphatic heterocycles. The predicted molar refractivity (Wildman–Crippen MR) is 98.8 cm³/mol. The predicted octanol–water partition coefficient (Wildman–Crippen LogP) is 4.33. The third-order valence-electron chi connectivity index (χ3n) is 4.48. The Morgan fingerprint density at radius 2 is 1.88 bits per heavy atom. The molecule has 4 nitrogen and oxygen atoms in total. The molecule has 26 heavy (non-hydrogen) atoms. The summed E-state index contributed by atoms with van der Waals surface area (Å²) >= 11 is -0.179. The van der Waals surface area contributed by atoms with Gasteiger partial charge in [0, 0.05) is 47.3 Å². The minimum atomic E-state index is -4.34. The summed E-state index contributed by atoms with van der Waals surface area (Å²) in [5.41, 5.74) is 3.59. The van der Waals surface area contributed by atoms with Gasteiger partial charge in [0.25, 0.3) is 0 Å². The van der Waals surface area contributed by atoms with Crippen LogP contribution in [0.3, 0.4) is 0 Å². The van der Waals surface area contributed by atoms with Gasteiger partial charge in [0.15, 0.2) is 0 Å². The number of hydrogen-bond donors (Lipinski definition) is 1. The van der Waals surface area contributed by atoms with Crippen molar-refractivity contribution < 1.29 is 13.2 Å². The van der Waals surface area contributed by atoms with Crippen LogP contribution < -0.4 is 10.6 Å². The molecule has 0 atom stereocenters. The molecule has 1 aromatic heterocycles. The molecule has 0 bridgehead atoms. The molecular weight excluding hydrogens is 361 g/mol. The van der Waals surface area contributed by atoms with E-state index in [4.69, 9.17) is 5.73 Å². The van der Waals surface area contributed by atoms with Gasteiger partial charge >= 0.3 is 5.51 Å². The van der Waals surface area contributed by atoms with Crippen molar-refractivity contribution in [2.75, 3.05) is 23.8 Å². The molecule has 0 saturated carbocycles. The Hall–Kier alpha value is -1.93. The third kappa shape index (κ3) is 4.42. The average molecular weight is 382 g/mol. The number of anilines is 2. The van der Waals surface area contributed by atoms with E-state index < -0.39 is 5.51 Å². The smallest absolute Gasteiger partial charge is 0.398 e. The number of alkyl halides is 3. The lowest BCUT2D eigenvalue weighted by atomic mass is 10.0. The summed E-state index contributed by atoms with van der Waals surface area (Å²) in [4.78, 5) is 8.54. The standard InChI is InChI=1S/C18H21F3N4S/c1-17(2)11-24(12-25(17)10-13-5-7-23-8-6-13)14-3-4-16(15(22)9-14)26-18(19,20)21/h3-9H,10-12,22H2,1-2H3. The molecule has 1 aromatic carbocycles. The summed E-state index contributed by atoms with van der Waals surface area (Å²) in [5.74, 6) is 0. The fourth-order valence-corrected chi connectivity index (χ4v) is 3.67. The molecule has 2 heterocycles. The van der Waals surface area contributed by atoms with Crippen LogP contribution in [0.15, 0.2) is 47.6 Å². The van der Waals surface area contributed by atoms with Crippen LogP contribution in [-0.4, -0.2) is 34.1 Å². The Morgan fingerprint density at radius 1 is 1.19 bits per heavy atom. The molecule has 2 aromatic rings. The van der Waals surface area contributed by atoms with Gasteiger partial charge in [-0.3, -0.25) is 9.88 Å². The zero-order valence-corrected chi connectivity index (χ0v) is 15.4. The van der Waals surface area contributed by atoms with Crippen molar-refractivity contribution in [3.63, 3.8) is 0 Å². The lowest BCUT2D eigenvalue weighted by Crippen LogP contribution is -2.39. The summed E-state index contributed by atoms with van der Waals surface area (Å²) in [6, 6.07) is 8.75. The summed E-state index contributed by atoms with van der Waals surface area (Å²) in [6.07, 6.45) is 3.54. The molecule has 8 heteroatoms. The average Bonchev–Trinajstić information content (AvgIpc) is 2.84. The van der Waals surface area contributed by atoms with Crippen molar-refractivity contribution in [3.05, 3.63) is 48.3 Å². The number of nitrogens with zero attached hydrogens (tertiary/aromatic N) is 3. The van der Waals surface area contributed by atoms with E-state index in [-0.39, 0.29) is 27.9 Å². The van der Waals surface area contributed by atoms with Gasteiger partial charge in [-0.05, 0) is 61.5 Å². The lowest BCUT2D eigenvalue weighted by molar-refractivity contribution is -0.0327. The van der Waals surface area contributed by atoms with Crippen LogP contribution >= 0.6 is 11.8 Å². The van der Waals surface area contributed by atoms with Gasteiger partial charge < -0.3 is 10.6 Å². The maximum absolute atomic E-state index is 12.6. The van der Waals surface area contributed by atoms with E-state index in [1.165, 1.54) is 11.6 Å². The van der Waals surface area contributed by atoms with Crippen LogP contribution in [0.1, 0.15) is 19.4 Å². The minimum absolute atomic E-state index is 0.0355. The van der Waals surface area contributed by atoms with Gasteiger partial charge in [0.1, 0.15) is 0 Å². The van der Waals surface area contributed by atoms with E-state index in [2.05, 4.69) is 28.6 Å². The molecule has 0 aliphatic carbocycles. The Balaban J connectivity index is 1.75. The Labute approximate surface area is 155 Å². The number of nitrogens with two attached hydrogens (primary N) is 1. The second-order valence-electron chi connectivity index (χ2n) is 6.98. The van der Waals surface area contributed by atoms with Crippen molar-refractivity contribution >= 4 is 23.1 Å². The monoisotopic (exact) mass is 382 g/mol. The second kappa shape index (κ2) is 7.00. The molecular formula is C18H21F3N4S. The number of benzene rings is 1. The Bertz CT molecular complexity index is 765. The van der Waals surface area contributed by atoms with Crippen molar-refractivity contribution in [2.24, 2.45) is 0 Å². The number of pyridine rings is 1. The fraction of sp³-hybridized carbons (Fsp3) is 0.389. The van der Waals surface area contributed by atoms with Crippen molar-refractivity contribution in [1.82, 2.24) is 9.88 Å². The molecule has 0 spiro atoms. The van der Waals surface area contributed by atoms with Gasteiger partial charge in [-0.1, -0.05) is 0 Å². The molecule has 0 radical (unpaired) electrons. The molecule has 2 N–H and O–H groups in total. The van der Waals surface area contributed by atoms with E-state index in [1.807, 2.05) is 12.1 Å². The van der Waals surface area contributed by atoms with Crippen molar-refractivity contribution in [1.29, 1.82) is 0 Å². The molecule has 3 rings (SSSR count). The summed E-state index contributed by atoms with van der Waals surface area (Å²) in [6.45, 7) is 6.55. The topological polar surface area (TPSA) is 45.4 Å². The molecule has 140 valence electrons.